The molecule has 6 heteroatoms. The molecule has 4 rings (SSSR count). The molecule has 0 fully saturated rings. The summed E-state index contributed by atoms with van der Waals surface area (Å²) in [6.45, 7) is -0.0485. The molecule has 1 aliphatic rings. The van der Waals surface area contributed by atoms with Gasteiger partial charge in [-0.1, -0.05) is 18.2 Å². The SMILES string of the molecule is O=C(COc1ccc(Oc2ccccc2)cc1)Oc1ccc2c(c1)OCO2. The van der Waals surface area contributed by atoms with Crippen LogP contribution < -0.4 is 23.7 Å². The van der Waals surface area contributed by atoms with Crippen molar-refractivity contribution in [2.24, 2.45) is 0 Å². The van der Waals surface area contributed by atoms with Crippen LogP contribution in [-0.2, 0) is 4.79 Å². The fourth-order valence-electron chi connectivity index (χ4n) is 2.47. The maximum Gasteiger partial charge on any atom is 0.349 e. The lowest BCUT2D eigenvalue weighted by Crippen LogP contribution is -2.17. The summed E-state index contributed by atoms with van der Waals surface area (Å²) in [6, 6.07) is 21.4. The first-order valence-electron chi connectivity index (χ1n) is 8.32. The van der Waals surface area contributed by atoms with Crippen LogP contribution in [0.5, 0.6) is 34.5 Å². The molecule has 0 N–H and O–H groups in total. The first-order valence-corrected chi connectivity index (χ1v) is 8.32. The maximum atomic E-state index is 12.0. The van der Waals surface area contributed by atoms with Crippen molar-refractivity contribution >= 4 is 5.97 Å². The number of benzene rings is 3. The number of fused-ring (bicyclic) bond motifs is 1. The van der Waals surface area contributed by atoms with Crippen LogP contribution in [0.1, 0.15) is 0 Å². The third kappa shape index (κ3) is 4.30. The highest BCUT2D eigenvalue weighted by Gasteiger charge is 2.15. The molecule has 0 radical (unpaired) electrons. The molecule has 136 valence electrons. The van der Waals surface area contributed by atoms with Crippen LogP contribution >= 0.6 is 0 Å². The molecular weight excluding hydrogens is 348 g/mol. The Labute approximate surface area is 155 Å². The third-order valence-corrected chi connectivity index (χ3v) is 3.74. The second kappa shape index (κ2) is 7.70. The Bertz CT molecular complexity index is 921. The van der Waals surface area contributed by atoms with E-state index in [0.717, 1.165) is 5.75 Å². The predicted octanol–water partition coefficient (Wildman–Crippen LogP) is 4.19. The second-order valence-corrected chi connectivity index (χ2v) is 5.66. The normalized spacial score (nSPS) is 11.7. The smallest absolute Gasteiger partial charge is 0.349 e. The summed E-state index contributed by atoms with van der Waals surface area (Å²) in [7, 11) is 0. The highest BCUT2D eigenvalue weighted by molar-refractivity contribution is 5.74. The molecule has 3 aromatic rings. The van der Waals surface area contributed by atoms with Crippen molar-refractivity contribution in [3.05, 3.63) is 72.8 Å². The number of rotatable bonds is 6. The molecule has 1 heterocycles. The second-order valence-electron chi connectivity index (χ2n) is 5.66. The molecule has 0 unspecified atom stereocenters. The molecule has 0 aliphatic carbocycles. The van der Waals surface area contributed by atoms with E-state index >= 15 is 0 Å². The van der Waals surface area contributed by atoms with Gasteiger partial charge in [0.15, 0.2) is 18.1 Å². The van der Waals surface area contributed by atoms with Crippen LogP contribution in [0.3, 0.4) is 0 Å². The lowest BCUT2D eigenvalue weighted by molar-refractivity contribution is -0.136. The number of esters is 1. The summed E-state index contributed by atoms with van der Waals surface area (Å²) in [5.41, 5.74) is 0. The van der Waals surface area contributed by atoms with Crippen molar-refractivity contribution in [2.45, 2.75) is 0 Å². The van der Waals surface area contributed by atoms with E-state index in [1.54, 1.807) is 42.5 Å². The van der Waals surface area contributed by atoms with Crippen molar-refractivity contribution in [1.29, 1.82) is 0 Å². The van der Waals surface area contributed by atoms with E-state index < -0.39 is 5.97 Å². The molecule has 6 nitrogen and oxygen atoms in total. The highest BCUT2D eigenvalue weighted by Crippen LogP contribution is 2.35. The van der Waals surface area contributed by atoms with Crippen LogP contribution in [-0.4, -0.2) is 19.4 Å². The van der Waals surface area contributed by atoms with Crippen LogP contribution in [0.4, 0.5) is 0 Å². The van der Waals surface area contributed by atoms with Gasteiger partial charge in [0.05, 0.1) is 0 Å². The predicted molar refractivity (Wildman–Crippen MR) is 96.7 cm³/mol. The average Bonchev–Trinajstić information content (AvgIpc) is 3.16. The van der Waals surface area contributed by atoms with Crippen molar-refractivity contribution in [1.82, 2.24) is 0 Å². The summed E-state index contributed by atoms with van der Waals surface area (Å²) >= 11 is 0. The molecule has 0 atom stereocenters. The van der Waals surface area contributed by atoms with Gasteiger partial charge in [-0.3, -0.25) is 0 Å². The van der Waals surface area contributed by atoms with Gasteiger partial charge in [-0.2, -0.15) is 0 Å². The largest absolute Gasteiger partial charge is 0.482 e. The third-order valence-electron chi connectivity index (χ3n) is 3.74. The Morgan fingerprint density at radius 3 is 2.26 bits per heavy atom. The molecular formula is C21H16O6. The zero-order valence-corrected chi connectivity index (χ0v) is 14.3. The Balaban J connectivity index is 1.28. The van der Waals surface area contributed by atoms with E-state index in [2.05, 4.69) is 0 Å². The lowest BCUT2D eigenvalue weighted by atomic mass is 10.3. The summed E-state index contributed by atoms with van der Waals surface area (Å²) in [4.78, 5) is 12.0. The number of carbonyl (C=O) groups excluding carboxylic acids is 1. The Morgan fingerprint density at radius 2 is 1.44 bits per heavy atom. The van der Waals surface area contributed by atoms with Crippen molar-refractivity contribution in [3.63, 3.8) is 0 Å². The van der Waals surface area contributed by atoms with E-state index in [0.29, 0.717) is 28.7 Å². The van der Waals surface area contributed by atoms with E-state index in [1.807, 2.05) is 30.3 Å². The van der Waals surface area contributed by atoms with Crippen LogP contribution in [0.25, 0.3) is 0 Å². The monoisotopic (exact) mass is 364 g/mol. The van der Waals surface area contributed by atoms with E-state index in [4.69, 9.17) is 23.7 Å². The van der Waals surface area contributed by atoms with E-state index in [-0.39, 0.29) is 13.4 Å². The Morgan fingerprint density at radius 1 is 0.778 bits per heavy atom. The zero-order valence-electron chi connectivity index (χ0n) is 14.3. The molecule has 3 aromatic carbocycles. The first kappa shape index (κ1) is 16.8. The van der Waals surface area contributed by atoms with Crippen molar-refractivity contribution < 1.29 is 28.5 Å². The van der Waals surface area contributed by atoms with E-state index in [1.165, 1.54) is 0 Å². The highest BCUT2D eigenvalue weighted by atomic mass is 16.7. The zero-order chi connectivity index (χ0) is 18.5. The number of ether oxygens (including phenoxy) is 5. The fraction of sp³-hybridized carbons (Fsp3) is 0.0952. The van der Waals surface area contributed by atoms with Gasteiger partial charge in [0.25, 0.3) is 0 Å². The van der Waals surface area contributed by atoms with Gasteiger partial charge in [0, 0.05) is 6.07 Å². The minimum absolute atomic E-state index is 0.166. The molecule has 0 amide bonds. The Kier molecular flexibility index (Phi) is 4.78. The summed E-state index contributed by atoms with van der Waals surface area (Å²) < 4.78 is 26.9. The molecule has 0 saturated carbocycles. The summed E-state index contributed by atoms with van der Waals surface area (Å²) in [5.74, 6) is 3.00. The summed E-state index contributed by atoms with van der Waals surface area (Å²) in [6.07, 6.45) is 0. The van der Waals surface area contributed by atoms with E-state index in [9.17, 15) is 4.79 Å². The lowest BCUT2D eigenvalue weighted by Gasteiger charge is -2.09. The fourth-order valence-corrected chi connectivity index (χ4v) is 2.47. The summed E-state index contributed by atoms with van der Waals surface area (Å²) in [5, 5.41) is 0. The van der Waals surface area contributed by atoms with Gasteiger partial charge in [0.2, 0.25) is 6.79 Å². The van der Waals surface area contributed by atoms with Crippen LogP contribution in [0.2, 0.25) is 0 Å². The van der Waals surface area contributed by atoms with Crippen LogP contribution in [0, 0.1) is 0 Å². The Hall–Kier alpha value is -3.67. The molecule has 0 saturated heterocycles. The standard InChI is InChI=1S/C21H16O6/c22-21(27-18-10-11-19-20(12-18)25-14-24-19)13-23-15-6-8-17(9-7-15)26-16-4-2-1-3-5-16/h1-12H,13-14H2. The molecule has 0 aromatic heterocycles. The number of para-hydroxylation sites is 1. The average molecular weight is 364 g/mol. The van der Waals surface area contributed by atoms with Gasteiger partial charge in [0.1, 0.15) is 23.0 Å². The van der Waals surface area contributed by atoms with Crippen molar-refractivity contribution in [3.8, 4) is 34.5 Å². The molecule has 0 bridgehead atoms. The topological polar surface area (TPSA) is 63.2 Å². The molecule has 0 spiro atoms. The minimum Gasteiger partial charge on any atom is -0.482 e. The number of carbonyl (C=O) groups is 1. The van der Waals surface area contributed by atoms with Gasteiger partial charge >= 0.3 is 5.97 Å². The molecule has 27 heavy (non-hydrogen) atoms. The molecule has 1 aliphatic heterocycles. The minimum atomic E-state index is -0.515. The number of hydrogen-bond acceptors (Lipinski definition) is 6. The van der Waals surface area contributed by atoms with Crippen molar-refractivity contribution in [2.75, 3.05) is 13.4 Å². The number of hydrogen-bond donors (Lipinski definition) is 0. The quantitative estimate of drug-likeness (QED) is 0.483. The van der Waals surface area contributed by atoms with Gasteiger partial charge in [-0.05, 0) is 48.5 Å². The van der Waals surface area contributed by atoms with Gasteiger partial charge in [-0.15, -0.1) is 0 Å². The van der Waals surface area contributed by atoms with Crippen LogP contribution in [0.15, 0.2) is 72.8 Å². The maximum absolute atomic E-state index is 12.0. The van der Waals surface area contributed by atoms with Gasteiger partial charge < -0.3 is 23.7 Å². The van der Waals surface area contributed by atoms with Gasteiger partial charge in [-0.25, -0.2) is 4.79 Å². The first-order chi connectivity index (χ1) is 13.3.